The fourth-order valence-electron chi connectivity index (χ4n) is 2.78. The van der Waals surface area contributed by atoms with Crippen LogP contribution >= 0.6 is 15.9 Å². The first kappa shape index (κ1) is 14.6. The first-order valence-corrected chi connectivity index (χ1v) is 8.02. The average Bonchev–Trinajstić information content (AvgIpc) is 2.46. The number of rotatable bonds is 4. The minimum atomic E-state index is 0.0464. The van der Waals surface area contributed by atoms with E-state index in [4.69, 9.17) is 0 Å². The summed E-state index contributed by atoms with van der Waals surface area (Å²) in [6, 6.07) is 7.52. The van der Waals surface area contributed by atoms with E-state index < -0.39 is 0 Å². The number of halogens is 1. The van der Waals surface area contributed by atoms with Crippen LogP contribution in [0.3, 0.4) is 0 Å². The Morgan fingerprint density at radius 1 is 1.16 bits per heavy atom. The second-order valence-corrected chi connectivity index (χ2v) is 6.43. The molecular weight excluding hydrogens is 302 g/mol. The van der Waals surface area contributed by atoms with Crippen LogP contribution in [0.5, 0.6) is 0 Å². The standard InChI is InChI=1S/C16H22BrNO/c1-2-12-3-5-13(6-4-12)11-18-16(19)14-7-9-15(17)10-8-14/h7-10,12-13H,2-6,11H2,1H3,(H,18,19). The Bertz CT molecular complexity index is 407. The van der Waals surface area contributed by atoms with Crippen LogP contribution < -0.4 is 5.32 Å². The highest BCUT2D eigenvalue weighted by molar-refractivity contribution is 9.10. The van der Waals surface area contributed by atoms with Gasteiger partial charge in [-0.15, -0.1) is 0 Å². The number of benzene rings is 1. The third kappa shape index (κ3) is 4.34. The lowest BCUT2D eigenvalue weighted by atomic mass is 9.81. The quantitative estimate of drug-likeness (QED) is 0.874. The van der Waals surface area contributed by atoms with Gasteiger partial charge in [-0.1, -0.05) is 42.1 Å². The number of hydrogen-bond acceptors (Lipinski definition) is 1. The molecule has 1 fully saturated rings. The molecule has 1 aliphatic rings. The predicted octanol–water partition coefficient (Wildman–Crippen LogP) is 4.40. The fourth-order valence-corrected chi connectivity index (χ4v) is 3.05. The Morgan fingerprint density at radius 3 is 2.32 bits per heavy atom. The first-order chi connectivity index (χ1) is 9.19. The zero-order chi connectivity index (χ0) is 13.7. The molecule has 2 rings (SSSR count). The molecule has 0 aromatic heterocycles. The molecule has 19 heavy (non-hydrogen) atoms. The highest BCUT2D eigenvalue weighted by Crippen LogP contribution is 2.30. The molecule has 0 radical (unpaired) electrons. The molecule has 1 aromatic rings. The van der Waals surface area contributed by atoms with E-state index in [1.165, 1.54) is 32.1 Å². The maximum absolute atomic E-state index is 12.0. The van der Waals surface area contributed by atoms with Gasteiger partial charge in [0.05, 0.1) is 0 Å². The zero-order valence-corrected chi connectivity index (χ0v) is 13.1. The molecule has 2 nitrogen and oxygen atoms in total. The maximum Gasteiger partial charge on any atom is 0.251 e. The van der Waals surface area contributed by atoms with Crippen molar-refractivity contribution in [2.45, 2.75) is 39.0 Å². The van der Waals surface area contributed by atoms with E-state index in [-0.39, 0.29) is 5.91 Å². The van der Waals surface area contributed by atoms with E-state index in [0.717, 1.165) is 22.5 Å². The molecule has 0 saturated heterocycles. The molecule has 104 valence electrons. The summed E-state index contributed by atoms with van der Waals surface area (Å²) in [5.41, 5.74) is 0.741. The molecule has 0 atom stereocenters. The topological polar surface area (TPSA) is 29.1 Å². The van der Waals surface area contributed by atoms with Gasteiger partial charge in [0.2, 0.25) is 0 Å². The zero-order valence-electron chi connectivity index (χ0n) is 11.5. The lowest BCUT2D eigenvalue weighted by Gasteiger charge is -2.27. The van der Waals surface area contributed by atoms with E-state index in [9.17, 15) is 4.79 Å². The first-order valence-electron chi connectivity index (χ1n) is 7.22. The molecule has 3 heteroatoms. The largest absolute Gasteiger partial charge is 0.352 e. The third-order valence-electron chi connectivity index (χ3n) is 4.20. The Morgan fingerprint density at radius 2 is 1.74 bits per heavy atom. The molecule has 1 amide bonds. The Labute approximate surface area is 124 Å². The van der Waals surface area contributed by atoms with Crippen LogP contribution in [0.2, 0.25) is 0 Å². The molecule has 0 aliphatic heterocycles. The molecule has 1 saturated carbocycles. The van der Waals surface area contributed by atoms with Crippen molar-refractivity contribution in [1.29, 1.82) is 0 Å². The fraction of sp³-hybridized carbons (Fsp3) is 0.562. The molecule has 1 aliphatic carbocycles. The van der Waals surface area contributed by atoms with Gasteiger partial charge >= 0.3 is 0 Å². The second-order valence-electron chi connectivity index (χ2n) is 5.51. The van der Waals surface area contributed by atoms with Crippen molar-refractivity contribution >= 4 is 21.8 Å². The summed E-state index contributed by atoms with van der Waals surface area (Å²) >= 11 is 3.38. The molecule has 0 spiro atoms. The van der Waals surface area contributed by atoms with Crippen molar-refractivity contribution in [3.63, 3.8) is 0 Å². The van der Waals surface area contributed by atoms with Crippen LogP contribution in [-0.2, 0) is 0 Å². The highest BCUT2D eigenvalue weighted by Gasteiger charge is 2.20. The number of hydrogen-bond donors (Lipinski definition) is 1. The van der Waals surface area contributed by atoms with E-state index in [1.54, 1.807) is 0 Å². The lowest BCUT2D eigenvalue weighted by molar-refractivity contribution is 0.0941. The van der Waals surface area contributed by atoms with Crippen LogP contribution in [0.25, 0.3) is 0 Å². The molecule has 0 bridgehead atoms. The second kappa shape index (κ2) is 7.09. The van der Waals surface area contributed by atoms with Crippen LogP contribution in [0, 0.1) is 11.8 Å². The van der Waals surface area contributed by atoms with Crippen LogP contribution in [0.4, 0.5) is 0 Å². The molecule has 1 N–H and O–H groups in total. The van der Waals surface area contributed by atoms with Gasteiger partial charge in [0.25, 0.3) is 5.91 Å². The minimum absolute atomic E-state index is 0.0464. The molecule has 1 aromatic carbocycles. The van der Waals surface area contributed by atoms with Gasteiger partial charge in [0.1, 0.15) is 0 Å². The molecule has 0 heterocycles. The Hall–Kier alpha value is -0.830. The summed E-state index contributed by atoms with van der Waals surface area (Å²) in [5.74, 6) is 1.63. The van der Waals surface area contributed by atoms with E-state index in [2.05, 4.69) is 28.2 Å². The third-order valence-corrected chi connectivity index (χ3v) is 4.73. The van der Waals surface area contributed by atoms with Gasteiger partial charge in [0.15, 0.2) is 0 Å². The van der Waals surface area contributed by atoms with Crippen molar-refractivity contribution < 1.29 is 4.79 Å². The van der Waals surface area contributed by atoms with Gasteiger partial charge in [0, 0.05) is 16.6 Å². The monoisotopic (exact) mass is 323 g/mol. The van der Waals surface area contributed by atoms with Gasteiger partial charge in [-0.25, -0.2) is 0 Å². The summed E-state index contributed by atoms with van der Waals surface area (Å²) in [6.07, 6.45) is 6.49. The summed E-state index contributed by atoms with van der Waals surface area (Å²) < 4.78 is 1.00. The Kier molecular flexibility index (Phi) is 5.44. The van der Waals surface area contributed by atoms with E-state index in [1.807, 2.05) is 24.3 Å². The van der Waals surface area contributed by atoms with Crippen LogP contribution in [0.15, 0.2) is 28.7 Å². The van der Waals surface area contributed by atoms with Crippen molar-refractivity contribution in [3.05, 3.63) is 34.3 Å². The number of amides is 1. The smallest absolute Gasteiger partial charge is 0.251 e. The number of carbonyl (C=O) groups excluding carboxylic acids is 1. The van der Waals surface area contributed by atoms with Gasteiger partial charge in [-0.2, -0.15) is 0 Å². The van der Waals surface area contributed by atoms with Gasteiger partial charge in [-0.05, 0) is 48.9 Å². The van der Waals surface area contributed by atoms with E-state index in [0.29, 0.717) is 5.92 Å². The molecule has 0 unspecified atom stereocenters. The van der Waals surface area contributed by atoms with E-state index >= 15 is 0 Å². The Balaban J connectivity index is 1.76. The summed E-state index contributed by atoms with van der Waals surface area (Å²) in [5, 5.41) is 3.07. The number of nitrogens with one attached hydrogen (secondary N) is 1. The van der Waals surface area contributed by atoms with Crippen LogP contribution in [-0.4, -0.2) is 12.5 Å². The van der Waals surface area contributed by atoms with Gasteiger partial charge < -0.3 is 5.32 Å². The van der Waals surface area contributed by atoms with Crippen LogP contribution in [0.1, 0.15) is 49.4 Å². The predicted molar refractivity (Wildman–Crippen MR) is 82.2 cm³/mol. The summed E-state index contributed by atoms with van der Waals surface area (Å²) in [6.45, 7) is 3.10. The van der Waals surface area contributed by atoms with Crippen molar-refractivity contribution in [2.24, 2.45) is 11.8 Å². The maximum atomic E-state index is 12.0. The summed E-state index contributed by atoms with van der Waals surface area (Å²) in [7, 11) is 0. The lowest BCUT2D eigenvalue weighted by Crippen LogP contribution is -2.31. The SMILES string of the molecule is CCC1CCC(CNC(=O)c2ccc(Br)cc2)CC1. The normalized spacial score (nSPS) is 23.1. The van der Waals surface area contributed by atoms with Gasteiger partial charge in [-0.3, -0.25) is 4.79 Å². The van der Waals surface area contributed by atoms with Crippen molar-refractivity contribution in [3.8, 4) is 0 Å². The summed E-state index contributed by atoms with van der Waals surface area (Å²) in [4.78, 5) is 12.0. The van der Waals surface area contributed by atoms with Crippen molar-refractivity contribution in [2.75, 3.05) is 6.54 Å². The minimum Gasteiger partial charge on any atom is -0.352 e. The highest BCUT2D eigenvalue weighted by atomic mass is 79.9. The van der Waals surface area contributed by atoms with Crippen molar-refractivity contribution in [1.82, 2.24) is 5.32 Å². The average molecular weight is 324 g/mol. The number of carbonyl (C=O) groups is 1. The molecular formula is C16H22BrNO.